The van der Waals surface area contributed by atoms with Crippen LogP contribution in [0.2, 0.25) is 5.15 Å². The maximum atomic E-state index is 11.7. The molecule has 0 aliphatic carbocycles. The zero-order valence-corrected chi connectivity index (χ0v) is 22.3. The predicted molar refractivity (Wildman–Crippen MR) is 160 cm³/mol. The number of benzene rings is 4. The van der Waals surface area contributed by atoms with Crippen LogP contribution in [0.4, 0.5) is 0 Å². The quantitative estimate of drug-likeness (QED) is 0.169. The summed E-state index contributed by atoms with van der Waals surface area (Å²) in [5.74, 6) is 0. The van der Waals surface area contributed by atoms with E-state index >= 15 is 0 Å². The number of pyridine rings is 2. The van der Waals surface area contributed by atoms with Gasteiger partial charge >= 0.3 is 0 Å². The molecule has 0 fully saturated rings. The Morgan fingerprint density at radius 3 is 1.74 bits per heavy atom. The molecule has 2 aromatic heterocycles. The molecule has 0 unspecified atom stereocenters. The van der Waals surface area contributed by atoms with E-state index in [0.717, 1.165) is 67.9 Å². The van der Waals surface area contributed by atoms with Crippen LogP contribution in [0.3, 0.4) is 0 Å². The van der Waals surface area contributed by atoms with Crippen LogP contribution < -0.4 is 0 Å². The summed E-state index contributed by atoms with van der Waals surface area (Å²) in [6.07, 6.45) is 1.61. The lowest BCUT2D eigenvalue weighted by molar-refractivity contribution is 0.111. The van der Waals surface area contributed by atoms with Crippen LogP contribution in [0.1, 0.15) is 31.8 Å². The monoisotopic (exact) mass is 528 g/mol. The Kier molecular flexibility index (Phi) is 7.57. The molecule has 0 radical (unpaired) electrons. The highest BCUT2D eigenvalue weighted by Gasteiger charge is 2.14. The van der Waals surface area contributed by atoms with Gasteiger partial charge in [0.15, 0.2) is 12.6 Å². The summed E-state index contributed by atoms with van der Waals surface area (Å²) in [4.78, 5) is 31.4. The average molecular weight is 529 g/mol. The molecule has 0 saturated carbocycles. The minimum atomic E-state index is 0.266. The van der Waals surface area contributed by atoms with Crippen molar-refractivity contribution in [2.75, 3.05) is 0 Å². The minimum absolute atomic E-state index is 0.266. The van der Waals surface area contributed by atoms with Crippen molar-refractivity contribution in [1.29, 1.82) is 0 Å². The Morgan fingerprint density at radius 1 is 0.590 bits per heavy atom. The third-order valence-electron chi connectivity index (χ3n) is 6.63. The molecular formula is C34H25ClN2O2. The first-order chi connectivity index (χ1) is 19.0. The maximum absolute atomic E-state index is 11.7. The second kappa shape index (κ2) is 11.4. The molecule has 0 aliphatic rings. The molecule has 39 heavy (non-hydrogen) atoms. The summed E-state index contributed by atoms with van der Waals surface area (Å²) in [5.41, 5.74) is 8.89. The average Bonchev–Trinajstić information content (AvgIpc) is 2.98. The highest BCUT2D eigenvalue weighted by molar-refractivity contribution is 6.32. The Hall–Kier alpha value is -4.67. The van der Waals surface area contributed by atoms with Gasteiger partial charge in [0.25, 0.3) is 0 Å². The molecule has 2 heterocycles. The molecule has 6 aromatic rings. The smallest absolute Gasteiger partial charge is 0.153 e. The first-order valence-electron chi connectivity index (χ1n) is 12.5. The number of hydrogen-bond acceptors (Lipinski definition) is 4. The van der Waals surface area contributed by atoms with E-state index in [-0.39, 0.29) is 5.15 Å². The number of rotatable bonds is 4. The van der Waals surface area contributed by atoms with Gasteiger partial charge in [-0.1, -0.05) is 103 Å². The highest BCUT2D eigenvalue weighted by atomic mass is 35.5. The van der Waals surface area contributed by atoms with Crippen molar-refractivity contribution in [2.45, 2.75) is 13.8 Å². The third kappa shape index (κ3) is 5.33. The largest absolute Gasteiger partial charge is 0.298 e. The van der Waals surface area contributed by atoms with Gasteiger partial charge in [-0.05, 0) is 48.2 Å². The molecule has 0 spiro atoms. The van der Waals surface area contributed by atoms with Crippen LogP contribution >= 0.6 is 11.6 Å². The van der Waals surface area contributed by atoms with Gasteiger partial charge in [-0.15, -0.1) is 0 Å². The number of halogens is 1. The molecule has 0 saturated heterocycles. The summed E-state index contributed by atoms with van der Waals surface area (Å²) < 4.78 is 0. The van der Waals surface area contributed by atoms with E-state index in [9.17, 15) is 9.59 Å². The Balaban J connectivity index is 0.000000186. The maximum Gasteiger partial charge on any atom is 0.153 e. The number of carbonyl (C=O) groups excluding carboxylic acids is 2. The van der Waals surface area contributed by atoms with E-state index in [1.54, 1.807) is 6.07 Å². The summed E-state index contributed by atoms with van der Waals surface area (Å²) in [6.45, 7) is 4.01. The molecule has 6 rings (SSSR count). The molecule has 0 N–H and O–H groups in total. The lowest BCUT2D eigenvalue weighted by Crippen LogP contribution is -1.96. The molecule has 0 atom stereocenters. The van der Waals surface area contributed by atoms with Gasteiger partial charge in [0.1, 0.15) is 5.15 Å². The lowest BCUT2D eigenvalue weighted by atomic mass is 9.94. The number of hydrogen-bond donors (Lipinski definition) is 0. The molecule has 0 bridgehead atoms. The van der Waals surface area contributed by atoms with Crippen molar-refractivity contribution >= 4 is 46.0 Å². The van der Waals surface area contributed by atoms with Crippen molar-refractivity contribution in [3.8, 4) is 22.4 Å². The molecular weight excluding hydrogens is 504 g/mol. The standard InChI is InChI=1S/C23H17NO.C11H8ClNO/c1-16-8-7-11-18-14-19(15-25)23(24-22(16)18)21-13-6-5-12-20(21)17-9-3-2-4-10-17;1-7-3-2-4-8-5-9(6-14)11(12)13-10(7)8/h2-15H,1H3;2-6H,1H3. The number of aryl methyl sites for hydroxylation is 2. The second-order valence-corrected chi connectivity index (χ2v) is 9.59. The van der Waals surface area contributed by atoms with Gasteiger partial charge in [0.2, 0.25) is 0 Å². The van der Waals surface area contributed by atoms with Gasteiger partial charge < -0.3 is 0 Å². The van der Waals surface area contributed by atoms with Crippen LogP contribution in [-0.2, 0) is 0 Å². The first-order valence-corrected chi connectivity index (χ1v) is 12.9. The number of carbonyl (C=O) groups is 2. The van der Waals surface area contributed by atoms with Crippen LogP contribution in [0.25, 0.3) is 44.2 Å². The molecule has 0 aliphatic heterocycles. The normalized spacial score (nSPS) is 10.6. The number of aldehydes is 2. The minimum Gasteiger partial charge on any atom is -0.298 e. The first kappa shape index (κ1) is 26.0. The van der Waals surface area contributed by atoms with E-state index in [1.807, 2.05) is 92.7 Å². The third-order valence-corrected chi connectivity index (χ3v) is 6.93. The number of nitrogens with zero attached hydrogens (tertiary/aromatic N) is 2. The van der Waals surface area contributed by atoms with E-state index in [2.05, 4.69) is 23.2 Å². The Labute approximate surface area is 231 Å². The fourth-order valence-corrected chi connectivity index (χ4v) is 4.83. The van der Waals surface area contributed by atoms with Crippen molar-refractivity contribution in [2.24, 2.45) is 0 Å². The molecule has 5 heteroatoms. The van der Waals surface area contributed by atoms with Crippen molar-refractivity contribution < 1.29 is 9.59 Å². The van der Waals surface area contributed by atoms with E-state index < -0.39 is 0 Å². The van der Waals surface area contributed by atoms with Crippen molar-refractivity contribution in [3.63, 3.8) is 0 Å². The van der Waals surface area contributed by atoms with Gasteiger partial charge in [-0.3, -0.25) is 9.59 Å². The molecule has 4 aromatic carbocycles. The van der Waals surface area contributed by atoms with Crippen LogP contribution in [0, 0.1) is 13.8 Å². The van der Waals surface area contributed by atoms with Gasteiger partial charge in [0, 0.05) is 21.9 Å². The van der Waals surface area contributed by atoms with Crippen LogP contribution in [0.5, 0.6) is 0 Å². The zero-order chi connectivity index (χ0) is 27.4. The number of fused-ring (bicyclic) bond motifs is 2. The SMILES string of the molecule is Cc1cccc2cc(C=O)c(-c3ccccc3-c3ccccc3)nc12.Cc1cccc2cc(C=O)c(Cl)nc12. The van der Waals surface area contributed by atoms with Gasteiger partial charge in [-0.25, -0.2) is 9.97 Å². The fourth-order valence-electron chi connectivity index (χ4n) is 4.65. The Morgan fingerprint density at radius 2 is 1.13 bits per heavy atom. The second-order valence-electron chi connectivity index (χ2n) is 9.24. The summed E-state index contributed by atoms with van der Waals surface area (Å²) in [6, 6.07) is 33.8. The number of aromatic nitrogens is 2. The predicted octanol–water partition coefficient (Wildman–Crippen LogP) is 8.70. The summed E-state index contributed by atoms with van der Waals surface area (Å²) >= 11 is 5.83. The van der Waals surface area contributed by atoms with E-state index in [1.165, 1.54) is 0 Å². The zero-order valence-electron chi connectivity index (χ0n) is 21.6. The van der Waals surface area contributed by atoms with Gasteiger partial charge in [0.05, 0.1) is 22.3 Å². The molecule has 4 nitrogen and oxygen atoms in total. The van der Waals surface area contributed by atoms with Crippen LogP contribution in [-0.4, -0.2) is 22.5 Å². The van der Waals surface area contributed by atoms with Gasteiger partial charge in [-0.2, -0.15) is 0 Å². The summed E-state index contributed by atoms with van der Waals surface area (Å²) in [7, 11) is 0. The van der Waals surface area contributed by atoms with E-state index in [4.69, 9.17) is 16.6 Å². The highest BCUT2D eigenvalue weighted by Crippen LogP contribution is 2.34. The lowest BCUT2D eigenvalue weighted by Gasteiger charge is -2.13. The fraction of sp³-hybridized carbons (Fsp3) is 0.0588. The Bertz CT molecular complexity index is 1830. The van der Waals surface area contributed by atoms with Crippen LogP contribution in [0.15, 0.2) is 103 Å². The molecule has 0 amide bonds. The topological polar surface area (TPSA) is 59.9 Å². The van der Waals surface area contributed by atoms with E-state index in [0.29, 0.717) is 11.1 Å². The number of para-hydroxylation sites is 2. The summed E-state index contributed by atoms with van der Waals surface area (Å²) in [5, 5.41) is 2.20. The van der Waals surface area contributed by atoms with Crippen molar-refractivity contribution in [3.05, 3.63) is 131 Å². The van der Waals surface area contributed by atoms with Crippen molar-refractivity contribution in [1.82, 2.24) is 9.97 Å². The molecule has 190 valence electrons.